The van der Waals surface area contributed by atoms with Crippen LogP contribution in [0.4, 0.5) is 0 Å². The molecule has 1 aromatic heterocycles. The van der Waals surface area contributed by atoms with Crippen LogP contribution < -0.4 is 4.74 Å². The summed E-state index contributed by atoms with van der Waals surface area (Å²) in [6.07, 6.45) is 2.12. The number of β-amino-alcohol motifs (C(OH)–C–C–N with tert-alkyl or cyclic N) is 1. The largest absolute Gasteiger partial charge is 0.491 e. The first-order chi connectivity index (χ1) is 12.2. The molecule has 0 bridgehead atoms. The number of hydrogen-bond acceptors (Lipinski definition) is 7. The Hall–Kier alpha value is -2.43. The van der Waals surface area contributed by atoms with Gasteiger partial charge < -0.3 is 14.4 Å². The maximum Gasteiger partial charge on any atom is 0.226 e. The van der Waals surface area contributed by atoms with Crippen molar-refractivity contribution in [1.82, 2.24) is 15.0 Å². The molecule has 1 saturated heterocycles. The Morgan fingerprint density at radius 2 is 2.24 bits per heavy atom. The normalized spacial score (nSPS) is 18.8. The second-order valence-corrected chi connectivity index (χ2v) is 6.15. The van der Waals surface area contributed by atoms with Crippen molar-refractivity contribution in [2.45, 2.75) is 38.3 Å². The second-order valence-electron chi connectivity index (χ2n) is 6.15. The number of nitrogens with zero attached hydrogens (tertiary/aromatic N) is 4. The fourth-order valence-corrected chi connectivity index (χ4v) is 3.03. The maximum absolute atomic E-state index is 10.3. The highest BCUT2D eigenvalue weighted by Gasteiger charge is 2.31. The smallest absolute Gasteiger partial charge is 0.226 e. The van der Waals surface area contributed by atoms with Crippen LogP contribution in [-0.2, 0) is 6.42 Å². The van der Waals surface area contributed by atoms with E-state index in [9.17, 15) is 5.11 Å². The van der Waals surface area contributed by atoms with Gasteiger partial charge in [-0.2, -0.15) is 10.2 Å². The Kier molecular flexibility index (Phi) is 5.64. The van der Waals surface area contributed by atoms with E-state index >= 15 is 0 Å². The van der Waals surface area contributed by atoms with Crippen LogP contribution in [0.2, 0.25) is 0 Å². The molecule has 7 heteroatoms. The first-order valence-electron chi connectivity index (χ1n) is 8.57. The van der Waals surface area contributed by atoms with Crippen LogP contribution >= 0.6 is 0 Å². The van der Waals surface area contributed by atoms with Gasteiger partial charge in [0, 0.05) is 13.0 Å². The summed E-state index contributed by atoms with van der Waals surface area (Å²) >= 11 is 0. The van der Waals surface area contributed by atoms with Gasteiger partial charge in [-0.15, -0.1) is 0 Å². The van der Waals surface area contributed by atoms with Crippen molar-refractivity contribution in [3.05, 3.63) is 41.5 Å². The number of likely N-dealkylation sites (tertiary alicyclic amines) is 1. The first-order valence-corrected chi connectivity index (χ1v) is 8.57. The molecule has 2 aromatic rings. The van der Waals surface area contributed by atoms with Gasteiger partial charge in [0.1, 0.15) is 18.5 Å². The van der Waals surface area contributed by atoms with E-state index in [1.165, 1.54) is 0 Å². The molecule has 1 aliphatic heterocycles. The summed E-state index contributed by atoms with van der Waals surface area (Å²) in [6, 6.07) is 9.01. The summed E-state index contributed by atoms with van der Waals surface area (Å²) in [5.74, 6) is 1.99. The SMILES string of the molecule is CCc1nc([C@@H]2CCCN2C[C@H](O)COc2ccc(C#N)cc2)no1. The average molecular weight is 342 g/mol. The molecule has 7 nitrogen and oxygen atoms in total. The molecule has 132 valence electrons. The summed E-state index contributed by atoms with van der Waals surface area (Å²) in [5.41, 5.74) is 0.583. The molecule has 0 amide bonds. The van der Waals surface area contributed by atoms with E-state index in [1.54, 1.807) is 24.3 Å². The van der Waals surface area contributed by atoms with E-state index in [1.807, 2.05) is 6.92 Å². The van der Waals surface area contributed by atoms with Crippen molar-refractivity contribution in [2.24, 2.45) is 0 Å². The van der Waals surface area contributed by atoms with E-state index in [4.69, 9.17) is 14.5 Å². The van der Waals surface area contributed by atoms with Gasteiger partial charge in [0.15, 0.2) is 5.82 Å². The molecule has 2 heterocycles. The van der Waals surface area contributed by atoms with E-state index in [0.717, 1.165) is 25.8 Å². The van der Waals surface area contributed by atoms with Crippen molar-refractivity contribution in [1.29, 1.82) is 5.26 Å². The molecule has 0 spiro atoms. The van der Waals surface area contributed by atoms with Crippen LogP contribution in [0.3, 0.4) is 0 Å². The number of hydrogen-bond donors (Lipinski definition) is 1. The molecule has 25 heavy (non-hydrogen) atoms. The van der Waals surface area contributed by atoms with E-state index in [-0.39, 0.29) is 12.6 Å². The lowest BCUT2D eigenvalue weighted by atomic mass is 10.2. The summed E-state index contributed by atoms with van der Waals surface area (Å²) in [6.45, 7) is 3.57. The van der Waals surface area contributed by atoms with Crippen LogP contribution in [0.15, 0.2) is 28.8 Å². The van der Waals surface area contributed by atoms with E-state index in [0.29, 0.717) is 29.6 Å². The van der Waals surface area contributed by atoms with Gasteiger partial charge in [-0.1, -0.05) is 12.1 Å². The van der Waals surface area contributed by atoms with E-state index < -0.39 is 6.10 Å². The summed E-state index contributed by atoms with van der Waals surface area (Å²) in [4.78, 5) is 6.60. The van der Waals surface area contributed by atoms with Gasteiger partial charge in [0.2, 0.25) is 5.89 Å². The molecular formula is C18H22N4O3. The quantitative estimate of drug-likeness (QED) is 0.823. The Balaban J connectivity index is 1.52. The van der Waals surface area contributed by atoms with Gasteiger partial charge >= 0.3 is 0 Å². The Morgan fingerprint density at radius 1 is 1.44 bits per heavy atom. The molecule has 0 radical (unpaired) electrons. The zero-order valence-corrected chi connectivity index (χ0v) is 14.3. The number of nitriles is 1. The second kappa shape index (κ2) is 8.10. The summed E-state index contributed by atoms with van der Waals surface area (Å²) in [5, 5.41) is 23.2. The molecule has 2 atom stereocenters. The third kappa shape index (κ3) is 4.35. The molecule has 0 saturated carbocycles. The minimum Gasteiger partial charge on any atom is -0.491 e. The van der Waals surface area contributed by atoms with Gasteiger partial charge in [0.25, 0.3) is 0 Å². The molecular weight excluding hydrogens is 320 g/mol. The fourth-order valence-electron chi connectivity index (χ4n) is 3.03. The maximum atomic E-state index is 10.3. The Morgan fingerprint density at radius 3 is 2.92 bits per heavy atom. The fraction of sp³-hybridized carbons (Fsp3) is 0.500. The monoisotopic (exact) mass is 342 g/mol. The minimum atomic E-state index is -0.617. The Bertz CT molecular complexity index is 723. The van der Waals surface area contributed by atoms with Crippen LogP contribution in [0.5, 0.6) is 5.75 Å². The number of aliphatic hydroxyl groups excluding tert-OH is 1. The van der Waals surface area contributed by atoms with Crippen molar-refractivity contribution >= 4 is 0 Å². The van der Waals surface area contributed by atoms with Crippen LogP contribution in [-0.4, -0.2) is 45.9 Å². The van der Waals surface area contributed by atoms with Crippen LogP contribution in [0, 0.1) is 11.3 Å². The van der Waals surface area contributed by atoms with Crippen molar-refractivity contribution in [3.63, 3.8) is 0 Å². The Labute approximate surface area is 146 Å². The highest BCUT2D eigenvalue weighted by Crippen LogP contribution is 2.30. The summed E-state index contributed by atoms with van der Waals surface area (Å²) < 4.78 is 10.8. The zero-order valence-electron chi connectivity index (χ0n) is 14.3. The molecule has 1 fully saturated rings. The molecule has 0 aliphatic carbocycles. The number of aromatic nitrogens is 2. The highest BCUT2D eigenvalue weighted by atomic mass is 16.5. The molecule has 1 aromatic carbocycles. The third-order valence-corrected chi connectivity index (χ3v) is 4.32. The summed E-state index contributed by atoms with van der Waals surface area (Å²) in [7, 11) is 0. The predicted octanol–water partition coefficient (Wildman–Crippen LogP) is 2.08. The highest BCUT2D eigenvalue weighted by molar-refractivity contribution is 5.34. The average Bonchev–Trinajstić information content (AvgIpc) is 3.29. The topological polar surface area (TPSA) is 95.4 Å². The number of rotatable bonds is 7. The van der Waals surface area contributed by atoms with Crippen LogP contribution in [0.1, 0.15) is 43.1 Å². The third-order valence-electron chi connectivity index (χ3n) is 4.32. The van der Waals surface area contributed by atoms with E-state index in [2.05, 4.69) is 21.1 Å². The first kappa shape index (κ1) is 17.4. The lowest BCUT2D eigenvalue weighted by molar-refractivity contribution is 0.0623. The van der Waals surface area contributed by atoms with Gasteiger partial charge in [0.05, 0.1) is 17.7 Å². The molecule has 0 unspecified atom stereocenters. The van der Waals surface area contributed by atoms with Gasteiger partial charge in [-0.3, -0.25) is 4.90 Å². The van der Waals surface area contributed by atoms with Gasteiger partial charge in [-0.25, -0.2) is 0 Å². The van der Waals surface area contributed by atoms with Gasteiger partial charge in [-0.05, 0) is 43.7 Å². The molecule has 3 rings (SSSR count). The number of ether oxygens (including phenoxy) is 1. The number of aryl methyl sites for hydroxylation is 1. The van der Waals surface area contributed by atoms with Crippen molar-refractivity contribution in [3.8, 4) is 11.8 Å². The van der Waals surface area contributed by atoms with Crippen molar-refractivity contribution in [2.75, 3.05) is 19.7 Å². The lowest BCUT2D eigenvalue weighted by Gasteiger charge is -2.24. The molecule has 1 N–H and O–H groups in total. The zero-order chi connectivity index (χ0) is 17.6. The number of benzene rings is 1. The van der Waals surface area contributed by atoms with Crippen LogP contribution in [0.25, 0.3) is 0 Å². The molecule has 1 aliphatic rings. The predicted molar refractivity (Wildman–Crippen MR) is 89.9 cm³/mol. The minimum absolute atomic E-state index is 0.0913. The lowest BCUT2D eigenvalue weighted by Crippen LogP contribution is -2.35. The van der Waals surface area contributed by atoms with Crippen molar-refractivity contribution < 1.29 is 14.4 Å². The standard InChI is InChI=1S/C18H22N4O3/c1-2-17-20-18(21-25-17)16-4-3-9-22(16)11-14(23)12-24-15-7-5-13(10-19)6-8-15/h5-8,14,16,23H,2-4,9,11-12H2,1H3/t14-,16-/m0/s1. The number of aliphatic hydroxyl groups is 1.